The van der Waals surface area contributed by atoms with Crippen LogP contribution >= 0.6 is 0 Å². The molecule has 0 amide bonds. The number of hydrogen-bond donors (Lipinski definition) is 0. The number of hydrogen-bond acceptors (Lipinski definition) is 8. The zero-order chi connectivity index (χ0) is 61.1. The third-order valence-electron chi connectivity index (χ3n) is 15.8. The van der Waals surface area contributed by atoms with Gasteiger partial charge in [-0.2, -0.15) is 0 Å². The molecule has 0 saturated heterocycles. The van der Waals surface area contributed by atoms with Crippen molar-refractivity contribution in [1.82, 2.24) is 9.97 Å². The number of nitrogens with zero attached hydrogens (tertiary/aromatic N) is 2. The van der Waals surface area contributed by atoms with E-state index in [1.807, 2.05) is 231 Å². The molecule has 15 aromatic rings. The summed E-state index contributed by atoms with van der Waals surface area (Å²) in [5, 5.41) is 13.6. The highest BCUT2D eigenvalue weighted by atomic mass is 16.2. The van der Waals surface area contributed by atoms with Crippen LogP contribution in [0.5, 0.6) is 0 Å². The highest BCUT2D eigenvalue weighted by Crippen LogP contribution is 2.28. The van der Waals surface area contributed by atoms with Gasteiger partial charge in [0.15, 0.2) is 34.7 Å². The molecule has 89 heavy (non-hydrogen) atoms. The van der Waals surface area contributed by atoms with Gasteiger partial charge in [-0.25, -0.2) is 0 Å². The Morgan fingerprint density at radius 1 is 0.191 bits per heavy atom. The summed E-state index contributed by atoms with van der Waals surface area (Å²) in [6.07, 6.45) is 3.24. The molecule has 0 aliphatic carbocycles. The Balaban J connectivity index is 0.000000117. The highest BCUT2D eigenvalue weighted by molar-refractivity contribution is 6.23. The van der Waals surface area contributed by atoms with E-state index in [2.05, 4.69) is 34.2 Å². The van der Waals surface area contributed by atoms with Gasteiger partial charge in [0.05, 0.1) is 30.3 Å². The molecule has 426 valence electrons. The van der Waals surface area contributed by atoms with E-state index >= 15 is 0 Å². The first kappa shape index (κ1) is 57.7. The number of pyridine rings is 2. The van der Waals surface area contributed by atoms with Crippen molar-refractivity contribution in [2.45, 2.75) is 19.3 Å². The lowest BCUT2D eigenvalue weighted by Crippen LogP contribution is -2.09. The number of aromatic nitrogens is 2. The first-order valence-corrected chi connectivity index (χ1v) is 29.3. The molecule has 0 atom stereocenters. The lowest BCUT2D eigenvalue weighted by atomic mass is 9.95. The number of benzene rings is 13. The zero-order valence-corrected chi connectivity index (χ0v) is 48.3. The van der Waals surface area contributed by atoms with Gasteiger partial charge in [0.1, 0.15) is 0 Å². The van der Waals surface area contributed by atoms with Crippen LogP contribution in [-0.2, 0) is 0 Å². The van der Waals surface area contributed by atoms with Gasteiger partial charge in [0, 0.05) is 56.5 Å². The van der Waals surface area contributed by atoms with E-state index in [4.69, 9.17) is 0 Å². The maximum atomic E-state index is 12.8. The summed E-state index contributed by atoms with van der Waals surface area (Å²) in [5.74, 6) is -0.863. The summed E-state index contributed by atoms with van der Waals surface area (Å²) in [6, 6.07) is 92.3. The van der Waals surface area contributed by atoms with Crippen LogP contribution in [0.15, 0.2) is 304 Å². The van der Waals surface area contributed by atoms with Crippen LogP contribution in [0.4, 0.5) is 0 Å². The molecule has 0 bridgehead atoms. The minimum atomic E-state index is -0.144. The maximum absolute atomic E-state index is 12.8. The Hall–Kier alpha value is -11.7. The molecule has 0 spiro atoms. The summed E-state index contributed by atoms with van der Waals surface area (Å²) in [4.78, 5) is 85.2. The normalized spacial score (nSPS) is 10.9. The molecule has 0 aliphatic heterocycles. The van der Waals surface area contributed by atoms with E-state index in [0.29, 0.717) is 33.4 Å². The lowest BCUT2D eigenvalue weighted by molar-refractivity contribution is 0.0880. The topological polar surface area (TPSA) is 128 Å². The van der Waals surface area contributed by atoms with Crippen LogP contribution in [0.3, 0.4) is 0 Å². The van der Waals surface area contributed by atoms with Gasteiger partial charge < -0.3 is 0 Å². The zero-order valence-electron chi connectivity index (χ0n) is 48.3. The quantitative estimate of drug-likeness (QED) is 0.0672. The van der Waals surface area contributed by atoms with Crippen molar-refractivity contribution in [2.75, 3.05) is 0 Å². The average Bonchev–Trinajstić information content (AvgIpc) is 3.72. The molecule has 2 heterocycles. The summed E-state index contributed by atoms with van der Waals surface area (Å²) in [5.41, 5.74) is 5.58. The number of rotatable bonds is 12. The fourth-order valence-electron chi connectivity index (χ4n) is 11.5. The molecule has 13 aromatic carbocycles. The lowest BCUT2D eigenvalue weighted by Gasteiger charge is -2.07. The van der Waals surface area contributed by atoms with Crippen LogP contribution in [0, 0.1) is 0 Å². The summed E-state index contributed by atoms with van der Waals surface area (Å²) in [6.45, 7) is 0. The fraction of sp³-hybridized carbons (Fsp3) is 0.0370. The van der Waals surface area contributed by atoms with Gasteiger partial charge in [-0.1, -0.05) is 279 Å². The second kappa shape index (κ2) is 26.7. The third kappa shape index (κ3) is 12.8. The van der Waals surface area contributed by atoms with Crippen molar-refractivity contribution in [3.05, 3.63) is 337 Å². The van der Waals surface area contributed by atoms with E-state index in [1.165, 1.54) is 0 Å². The molecule has 15 rings (SSSR count). The standard InChI is InChI=1S/3C23H16O2.C12H8N2/c3*24-22(20-13-5-9-16-7-1-3-11-18(16)20)15-23(25)21-14-6-10-17-8-2-4-12-19(17)21;1-3-9-5-6-10-4-2-8-14-12(10)11(9)13-7-1/h3*1-14H,15H2;1-8H. The molecule has 0 radical (unpaired) electrons. The van der Waals surface area contributed by atoms with Crippen LogP contribution in [0.25, 0.3) is 86.4 Å². The number of carbonyl (C=O) groups excluding carboxylic acids is 6. The van der Waals surface area contributed by atoms with Crippen molar-refractivity contribution in [3.63, 3.8) is 0 Å². The molecule has 2 aromatic heterocycles. The molecule has 0 aliphatic rings. The van der Waals surface area contributed by atoms with E-state index in [0.717, 1.165) is 86.4 Å². The number of fused-ring (bicyclic) bond motifs is 9. The largest absolute Gasteiger partial charge is 0.294 e. The minimum absolute atomic E-state index is 0.123. The van der Waals surface area contributed by atoms with Gasteiger partial charge in [0.2, 0.25) is 0 Å². The molecule has 8 nitrogen and oxygen atoms in total. The van der Waals surface area contributed by atoms with Crippen molar-refractivity contribution in [3.8, 4) is 0 Å². The van der Waals surface area contributed by atoms with E-state index in [1.54, 1.807) is 48.8 Å². The van der Waals surface area contributed by atoms with Crippen molar-refractivity contribution in [2.24, 2.45) is 0 Å². The van der Waals surface area contributed by atoms with E-state index < -0.39 is 0 Å². The smallest absolute Gasteiger partial charge is 0.171 e. The minimum Gasteiger partial charge on any atom is -0.294 e. The second-order valence-electron chi connectivity index (χ2n) is 21.4. The molecular weight excluding hydrogens is 1100 g/mol. The number of ketones is 6. The van der Waals surface area contributed by atoms with Crippen LogP contribution in [0.1, 0.15) is 81.4 Å². The summed E-state index contributed by atoms with van der Waals surface area (Å²) < 4.78 is 0. The molecule has 0 fully saturated rings. The van der Waals surface area contributed by atoms with E-state index in [-0.39, 0.29) is 54.0 Å². The Morgan fingerprint density at radius 2 is 0.371 bits per heavy atom. The Morgan fingerprint density at radius 3 is 0.584 bits per heavy atom. The average molecular weight is 1150 g/mol. The SMILES string of the molecule is O=C(CC(=O)c1cccc2ccccc12)c1cccc2ccccc12.O=C(CC(=O)c1cccc2ccccc12)c1cccc2ccccc12.O=C(CC(=O)c1cccc2ccccc12)c1cccc2ccccc12.c1cnc2c(c1)ccc1cccnc12. The molecule has 0 saturated carbocycles. The Bertz CT molecular complexity index is 4440. The maximum Gasteiger partial charge on any atom is 0.171 e. The van der Waals surface area contributed by atoms with Crippen molar-refractivity contribution in [1.29, 1.82) is 0 Å². The van der Waals surface area contributed by atoms with Crippen molar-refractivity contribution >= 4 is 121 Å². The summed E-state index contributed by atoms with van der Waals surface area (Å²) in [7, 11) is 0. The monoisotopic (exact) mass is 1150 g/mol. The van der Waals surface area contributed by atoms with Crippen LogP contribution in [-0.4, -0.2) is 44.7 Å². The van der Waals surface area contributed by atoms with Gasteiger partial charge in [-0.3, -0.25) is 38.7 Å². The van der Waals surface area contributed by atoms with Crippen LogP contribution < -0.4 is 0 Å². The molecular formula is C81H56N2O6. The Labute approximate surface area is 513 Å². The van der Waals surface area contributed by atoms with Crippen molar-refractivity contribution < 1.29 is 28.8 Å². The first-order chi connectivity index (χ1) is 43.7. The van der Waals surface area contributed by atoms with Gasteiger partial charge in [-0.05, 0) is 76.8 Å². The first-order valence-electron chi connectivity index (χ1n) is 29.3. The molecule has 0 N–H and O–H groups in total. The van der Waals surface area contributed by atoms with Gasteiger partial charge >= 0.3 is 0 Å². The summed E-state index contributed by atoms with van der Waals surface area (Å²) >= 11 is 0. The second-order valence-corrected chi connectivity index (χ2v) is 21.4. The molecule has 8 heteroatoms. The number of Topliss-reactive ketones (excluding diaryl/α,β-unsaturated/α-hetero) is 6. The predicted octanol–water partition coefficient (Wildman–Crippen LogP) is 19.1. The predicted molar refractivity (Wildman–Crippen MR) is 361 cm³/mol. The van der Waals surface area contributed by atoms with E-state index in [9.17, 15) is 28.8 Å². The fourth-order valence-corrected chi connectivity index (χ4v) is 11.5. The third-order valence-corrected chi connectivity index (χ3v) is 15.8. The van der Waals surface area contributed by atoms with Crippen LogP contribution in [0.2, 0.25) is 0 Å². The molecule has 0 unspecified atom stereocenters. The van der Waals surface area contributed by atoms with Gasteiger partial charge in [-0.15, -0.1) is 0 Å². The van der Waals surface area contributed by atoms with Gasteiger partial charge in [0.25, 0.3) is 0 Å². The highest BCUT2D eigenvalue weighted by Gasteiger charge is 2.21. The number of carbonyl (C=O) groups is 6. The Kier molecular flexibility index (Phi) is 17.3.